The van der Waals surface area contributed by atoms with Crippen LogP contribution in [0.5, 0.6) is 0 Å². The lowest BCUT2D eigenvalue weighted by Gasteiger charge is -1.90. The summed E-state index contributed by atoms with van der Waals surface area (Å²) in [4.78, 5) is 3.97. The predicted octanol–water partition coefficient (Wildman–Crippen LogP) is 2.93. The van der Waals surface area contributed by atoms with Crippen molar-refractivity contribution in [2.75, 3.05) is 0 Å². The van der Waals surface area contributed by atoms with Crippen molar-refractivity contribution < 1.29 is 0 Å². The third kappa shape index (κ3) is 1.02. The Balaban J connectivity index is 2.92. The first-order valence-corrected chi connectivity index (χ1v) is 4.92. The van der Waals surface area contributed by atoms with E-state index in [9.17, 15) is 0 Å². The Morgan fingerprint density at radius 2 is 2.42 bits per heavy atom. The molecule has 58 valence electrons. The Bertz CT molecular complexity index is 469. The molecule has 12 heavy (non-hydrogen) atoms. The third-order valence-electron chi connectivity index (χ3n) is 1.55. The molecule has 0 saturated heterocycles. The number of nitrogens with zero attached hydrogens (tertiary/aromatic N) is 2. The summed E-state index contributed by atoms with van der Waals surface area (Å²) in [5.74, 6) is 0. The highest BCUT2D eigenvalue weighted by Crippen LogP contribution is 2.31. The highest BCUT2D eigenvalue weighted by atomic mass is 79.9. The molecule has 0 saturated carbocycles. The first-order valence-electron chi connectivity index (χ1n) is 3.24. The van der Waals surface area contributed by atoms with Crippen LogP contribution in [-0.4, -0.2) is 4.98 Å². The van der Waals surface area contributed by atoms with E-state index in [4.69, 9.17) is 5.26 Å². The number of fused-ring (bicyclic) bond motifs is 1. The fourth-order valence-electron chi connectivity index (χ4n) is 1.01. The molecular formula is C8H3BrN2S. The smallest absolute Gasteiger partial charge is 0.158 e. The molecule has 0 aliphatic heterocycles. The van der Waals surface area contributed by atoms with Gasteiger partial charge in [-0.3, -0.25) is 0 Å². The van der Waals surface area contributed by atoms with Crippen molar-refractivity contribution in [1.82, 2.24) is 4.98 Å². The number of hydrogen-bond donors (Lipinski definition) is 0. The van der Waals surface area contributed by atoms with Crippen LogP contribution in [0, 0.1) is 11.3 Å². The first kappa shape index (κ1) is 7.71. The van der Waals surface area contributed by atoms with E-state index < -0.39 is 0 Å². The van der Waals surface area contributed by atoms with Crippen LogP contribution in [0.15, 0.2) is 22.1 Å². The van der Waals surface area contributed by atoms with Crippen LogP contribution in [0.25, 0.3) is 10.1 Å². The van der Waals surface area contributed by atoms with Crippen LogP contribution in [0.2, 0.25) is 0 Å². The largest absolute Gasteiger partial charge is 0.244 e. The number of aromatic nitrogens is 1. The van der Waals surface area contributed by atoms with Crippen LogP contribution in [-0.2, 0) is 0 Å². The molecule has 0 unspecified atom stereocenters. The summed E-state index contributed by atoms with van der Waals surface area (Å²) in [6.45, 7) is 0. The van der Waals surface area contributed by atoms with Crippen molar-refractivity contribution in [3.63, 3.8) is 0 Å². The van der Waals surface area contributed by atoms with Crippen molar-refractivity contribution in [1.29, 1.82) is 5.26 Å². The molecule has 0 fully saturated rings. The van der Waals surface area contributed by atoms with E-state index in [1.54, 1.807) is 6.20 Å². The molecule has 2 nitrogen and oxygen atoms in total. The molecule has 0 bridgehead atoms. The lowest BCUT2D eigenvalue weighted by Crippen LogP contribution is -1.79. The number of pyridine rings is 1. The van der Waals surface area contributed by atoms with Gasteiger partial charge in [0.15, 0.2) is 5.69 Å². The Kier molecular flexibility index (Phi) is 1.83. The minimum Gasteiger partial charge on any atom is -0.244 e. The molecule has 0 aromatic carbocycles. The van der Waals surface area contributed by atoms with E-state index in [0.29, 0.717) is 5.69 Å². The Morgan fingerprint density at radius 1 is 1.58 bits per heavy atom. The zero-order valence-corrected chi connectivity index (χ0v) is 8.32. The van der Waals surface area contributed by atoms with Crippen molar-refractivity contribution in [2.24, 2.45) is 0 Å². The molecule has 0 aliphatic rings. The standard InChI is InChI=1S/C8H3BrN2S/c9-6-4-12-8-5(6)1-2-11-7(8)3-10/h1-2,4H. The fourth-order valence-corrected chi connectivity index (χ4v) is 2.61. The van der Waals surface area contributed by atoms with Crippen molar-refractivity contribution in [3.05, 3.63) is 27.8 Å². The summed E-state index contributed by atoms with van der Waals surface area (Å²) >= 11 is 4.94. The van der Waals surface area contributed by atoms with Gasteiger partial charge in [-0.1, -0.05) is 0 Å². The summed E-state index contributed by atoms with van der Waals surface area (Å²) in [7, 11) is 0. The minimum absolute atomic E-state index is 0.503. The van der Waals surface area contributed by atoms with E-state index in [2.05, 4.69) is 27.0 Å². The van der Waals surface area contributed by atoms with Crippen LogP contribution in [0.3, 0.4) is 0 Å². The molecule has 0 radical (unpaired) electrons. The average molecular weight is 239 g/mol. The third-order valence-corrected chi connectivity index (χ3v) is 3.51. The van der Waals surface area contributed by atoms with Crippen LogP contribution in [0.1, 0.15) is 5.69 Å². The Hall–Kier alpha value is -0.920. The SMILES string of the molecule is N#Cc1nccc2c(Br)csc12. The monoisotopic (exact) mass is 238 g/mol. The second-order valence-corrected chi connectivity index (χ2v) is 3.97. The van der Waals surface area contributed by atoms with Gasteiger partial charge in [0.1, 0.15) is 6.07 Å². The minimum atomic E-state index is 0.503. The molecule has 0 spiro atoms. The maximum Gasteiger partial charge on any atom is 0.158 e. The molecule has 2 aromatic rings. The molecule has 0 N–H and O–H groups in total. The summed E-state index contributed by atoms with van der Waals surface area (Å²) in [5, 5.41) is 11.8. The van der Waals surface area contributed by atoms with Gasteiger partial charge in [-0.05, 0) is 22.0 Å². The lowest BCUT2D eigenvalue weighted by molar-refractivity contribution is 1.30. The maximum atomic E-state index is 8.72. The number of nitriles is 1. The summed E-state index contributed by atoms with van der Waals surface area (Å²) in [6, 6.07) is 3.96. The highest BCUT2D eigenvalue weighted by molar-refractivity contribution is 9.10. The highest BCUT2D eigenvalue weighted by Gasteiger charge is 2.05. The Morgan fingerprint density at radius 3 is 3.17 bits per heavy atom. The maximum absolute atomic E-state index is 8.72. The fraction of sp³-hybridized carbons (Fsp3) is 0. The summed E-state index contributed by atoms with van der Waals surface area (Å²) < 4.78 is 1.98. The van der Waals surface area contributed by atoms with Gasteiger partial charge in [-0.2, -0.15) is 5.26 Å². The zero-order valence-electron chi connectivity index (χ0n) is 5.91. The lowest BCUT2D eigenvalue weighted by atomic mass is 10.3. The average Bonchev–Trinajstić information content (AvgIpc) is 2.48. The molecule has 2 rings (SSSR count). The van der Waals surface area contributed by atoms with Crippen LogP contribution < -0.4 is 0 Å². The number of hydrogen-bond acceptors (Lipinski definition) is 3. The molecule has 4 heteroatoms. The quantitative estimate of drug-likeness (QED) is 0.708. The van der Waals surface area contributed by atoms with Crippen molar-refractivity contribution in [2.45, 2.75) is 0 Å². The molecule has 0 aliphatic carbocycles. The number of rotatable bonds is 0. The molecule has 2 aromatic heterocycles. The van der Waals surface area contributed by atoms with E-state index in [1.165, 1.54) is 11.3 Å². The van der Waals surface area contributed by atoms with Gasteiger partial charge < -0.3 is 0 Å². The van der Waals surface area contributed by atoms with E-state index in [-0.39, 0.29) is 0 Å². The first-order chi connectivity index (χ1) is 5.83. The number of halogens is 1. The van der Waals surface area contributed by atoms with E-state index >= 15 is 0 Å². The van der Waals surface area contributed by atoms with E-state index in [1.807, 2.05) is 11.4 Å². The Labute approximate surface area is 81.6 Å². The summed E-state index contributed by atoms with van der Waals surface area (Å²) in [6.07, 6.45) is 1.65. The molecule has 2 heterocycles. The zero-order chi connectivity index (χ0) is 8.55. The van der Waals surface area contributed by atoms with E-state index in [0.717, 1.165) is 14.6 Å². The molecule has 0 atom stereocenters. The predicted molar refractivity (Wildman–Crippen MR) is 52.0 cm³/mol. The van der Waals surface area contributed by atoms with Crippen LogP contribution >= 0.6 is 27.3 Å². The van der Waals surface area contributed by atoms with Gasteiger partial charge in [-0.25, -0.2) is 4.98 Å². The second-order valence-electron chi connectivity index (χ2n) is 2.23. The topological polar surface area (TPSA) is 36.7 Å². The van der Waals surface area contributed by atoms with Gasteiger partial charge >= 0.3 is 0 Å². The van der Waals surface area contributed by atoms with Crippen molar-refractivity contribution >= 4 is 37.4 Å². The van der Waals surface area contributed by atoms with Gasteiger partial charge in [0.2, 0.25) is 0 Å². The van der Waals surface area contributed by atoms with Gasteiger partial charge in [0, 0.05) is 21.4 Å². The van der Waals surface area contributed by atoms with Gasteiger partial charge in [0.05, 0.1) is 4.70 Å². The normalized spacial score (nSPS) is 10.0. The van der Waals surface area contributed by atoms with Crippen molar-refractivity contribution in [3.8, 4) is 6.07 Å². The summed E-state index contributed by atoms with van der Waals surface area (Å²) in [5.41, 5.74) is 0.503. The van der Waals surface area contributed by atoms with Gasteiger partial charge in [-0.15, -0.1) is 11.3 Å². The van der Waals surface area contributed by atoms with Gasteiger partial charge in [0.25, 0.3) is 0 Å². The van der Waals surface area contributed by atoms with Crippen LogP contribution in [0.4, 0.5) is 0 Å². The molecule has 0 amide bonds. The molecular weight excluding hydrogens is 236 g/mol. The number of thiophene rings is 1. The second kappa shape index (κ2) is 2.85.